The van der Waals surface area contributed by atoms with Gasteiger partial charge in [-0.25, -0.2) is 0 Å². The van der Waals surface area contributed by atoms with Crippen LogP contribution in [-0.2, 0) is 11.3 Å². The Hall–Kier alpha value is -2.64. The van der Waals surface area contributed by atoms with Crippen LogP contribution in [0.1, 0.15) is 5.76 Å². The van der Waals surface area contributed by atoms with Gasteiger partial charge in [0, 0.05) is 10.0 Å². The van der Waals surface area contributed by atoms with Gasteiger partial charge in [0.25, 0.3) is 5.91 Å². The van der Waals surface area contributed by atoms with Gasteiger partial charge in [-0.15, -0.1) is 0 Å². The molecule has 0 aliphatic rings. The number of halogens is 1. The third kappa shape index (κ3) is 5.94. The van der Waals surface area contributed by atoms with E-state index in [4.69, 9.17) is 21.4 Å². The van der Waals surface area contributed by atoms with E-state index < -0.39 is 0 Å². The molecular formula is C20H17BrN2O3S. The molecule has 3 aromatic rings. The van der Waals surface area contributed by atoms with E-state index in [9.17, 15) is 4.79 Å². The predicted molar refractivity (Wildman–Crippen MR) is 111 cm³/mol. The van der Waals surface area contributed by atoms with Crippen molar-refractivity contribution in [2.45, 2.75) is 6.54 Å². The molecular weight excluding hydrogens is 428 g/mol. The molecule has 2 N–H and O–H groups in total. The first-order valence-electron chi connectivity index (χ1n) is 8.20. The lowest BCUT2D eigenvalue weighted by Gasteiger charge is -2.09. The minimum absolute atomic E-state index is 0.111. The zero-order chi connectivity index (χ0) is 19.1. The number of nitrogens with one attached hydrogen (secondary N) is 2. The number of thiocarbonyl (C=S) groups is 1. The van der Waals surface area contributed by atoms with Crippen LogP contribution in [0.25, 0.3) is 11.3 Å². The Balaban J connectivity index is 1.44. The zero-order valence-electron chi connectivity index (χ0n) is 14.3. The molecule has 1 heterocycles. The van der Waals surface area contributed by atoms with Crippen LogP contribution < -0.4 is 15.4 Å². The minimum atomic E-state index is -0.327. The van der Waals surface area contributed by atoms with Crippen molar-refractivity contribution in [1.82, 2.24) is 10.6 Å². The molecule has 0 atom stereocenters. The fraction of sp³-hybridized carbons (Fsp3) is 0.100. The molecule has 1 aromatic heterocycles. The van der Waals surface area contributed by atoms with Crippen molar-refractivity contribution in [3.05, 3.63) is 77.0 Å². The molecule has 5 nitrogen and oxygen atoms in total. The molecule has 2 aromatic carbocycles. The van der Waals surface area contributed by atoms with Crippen molar-refractivity contribution >= 4 is 39.2 Å². The number of para-hydroxylation sites is 1. The Bertz CT molecular complexity index is 910. The normalized spacial score (nSPS) is 10.3. The molecule has 138 valence electrons. The third-order valence-electron chi connectivity index (χ3n) is 3.58. The lowest BCUT2D eigenvalue weighted by molar-refractivity contribution is -0.121. The molecule has 7 heteroatoms. The molecule has 0 saturated carbocycles. The van der Waals surface area contributed by atoms with Gasteiger partial charge in [-0.3, -0.25) is 4.79 Å². The van der Waals surface area contributed by atoms with Crippen LogP contribution in [-0.4, -0.2) is 17.6 Å². The maximum absolute atomic E-state index is 11.9. The highest BCUT2D eigenvalue weighted by Gasteiger charge is 2.08. The second-order valence-electron chi connectivity index (χ2n) is 5.61. The average molecular weight is 445 g/mol. The van der Waals surface area contributed by atoms with Crippen LogP contribution in [0.2, 0.25) is 0 Å². The van der Waals surface area contributed by atoms with Crippen molar-refractivity contribution < 1.29 is 13.9 Å². The van der Waals surface area contributed by atoms with Gasteiger partial charge >= 0.3 is 0 Å². The van der Waals surface area contributed by atoms with Crippen molar-refractivity contribution in [3.63, 3.8) is 0 Å². The first-order chi connectivity index (χ1) is 13.1. The molecule has 0 radical (unpaired) electrons. The van der Waals surface area contributed by atoms with Crippen molar-refractivity contribution in [2.24, 2.45) is 0 Å². The van der Waals surface area contributed by atoms with E-state index in [0.29, 0.717) is 18.1 Å². The van der Waals surface area contributed by atoms with Gasteiger partial charge in [-0.05, 0) is 48.6 Å². The molecule has 27 heavy (non-hydrogen) atoms. The van der Waals surface area contributed by atoms with Crippen molar-refractivity contribution in [2.75, 3.05) is 6.61 Å². The summed E-state index contributed by atoms with van der Waals surface area (Å²) in [4.78, 5) is 11.9. The summed E-state index contributed by atoms with van der Waals surface area (Å²) in [6.07, 6.45) is 0. The summed E-state index contributed by atoms with van der Waals surface area (Å²) in [5.74, 6) is 1.78. The van der Waals surface area contributed by atoms with Crippen LogP contribution in [0.4, 0.5) is 0 Å². The fourth-order valence-corrected chi connectivity index (χ4v) is 2.73. The SMILES string of the molecule is O=C(COc1ccccc1)NC(=S)NCc1ccc(-c2ccc(Br)cc2)o1. The Morgan fingerprint density at radius 3 is 2.52 bits per heavy atom. The molecule has 1 amide bonds. The summed E-state index contributed by atoms with van der Waals surface area (Å²) in [7, 11) is 0. The Labute approximate surface area is 170 Å². The van der Waals surface area contributed by atoms with Gasteiger partial charge < -0.3 is 19.8 Å². The van der Waals surface area contributed by atoms with E-state index in [1.165, 1.54) is 0 Å². The predicted octanol–water partition coefficient (Wildman–Crippen LogP) is 4.28. The van der Waals surface area contributed by atoms with E-state index in [-0.39, 0.29) is 17.6 Å². The van der Waals surface area contributed by atoms with Gasteiger partial charge in [-0.1, -0.05) is 46.3 Å². The molecule has 0 aliphatic heterocycles. The molecule has 0 spiro atoms. The number of ether oxygens (including phenoxy) is 1. The molecule has 3 rings (SSSR count). The quantitative estimate of drug-likeness (QED) is 0.555. The summed E-state index contributed by atoms with van der Waals surface area (Å²) in [5, 5.41) is 5.74. The van der Waals surface area contributed by atoms with Crippen LogP contribution in [0.3, 0.4) is 0 Å². The molecule has 0 fully saturated rings. The standard InChI is InChI=1S/C20H17BrN2O3S/c21-15-8-6-14(7-9-15)18-11-10-17(26-18)12-22-20(27)23-19(24)13-25-16-4-2-1-3-5-16/h1-11H,12-13H2,(H2,22,23,24,27). The van der Waals surface area contributed by atoms with Gasteiger partial charge in [-0.2, -0.15) is 0 Å². The number of furan rings is 1. The van der Waals surface area contributed by atoms with Crippen LogP contribution in [0, 0.1) is 0 Å². The number of benzene rings is 2. The van der Waals surface area contributed by atoms with Gasteiger partial charge in [0.1, 0.15) is 17.3 Å². The number of amides is 1. The second kappa shape index (κ2) is 9.34. The van der Waals surface area contributed by atoms with Gasteiger partial charge in [0.05, 0.1) is 6.54 Å². The average Bonchev–Trinajstić information content (AvgIpc) is 3.15. The monoisotopic (exact) mass is 444 g/mol. The third-order valence-corrected chi connectivity index (χ3v) is 4.35. The topological polar surface area (TPSA) is 63.5 Å². The highest BCUT2D eigenvalue weighted by molar-refractivity contribution is 9.10. The Kier molecular flexibility index (Phi) is 6.62. The smallest absolute Gasteiger partial charge is 0.264 e. The Morgan fingerprint density at radius 2 is 1.78 bits per heavy atom. The Morgan fingerprint density at radius 1 is 1.04 bits per heavy atom. The lowest BCUT2D eigenvalue weighted by atomic mass is 10.2. The summed E-state index contributed by atoms with van der Waals surface area (Å²) in [6.45, 7) is 0.259. The van der Waals surface area contributed by atoms with Gasteiger partial charge in [0.2, 0.25) is 0 Å². The summed E-state index contributed by atoms with van der Waals surface area (Å²) >= 11 is 8.54. The van der Waals surface area contributed by atoms with E-state index in [1.807, 2.05) is 54.6 Å². The maximum atomic E-state index is 11.9. The first kappa shape index (κ1) is 19.1. The largest absolute Gasteiger partial charge is 0.484 e. The molecule has 0 saturated heterocycles. The fourth-order valence-electron chi connectivity index (χ4n) is 2.28. The van der Waals surface area contributed by atoms with Crippen LogP contribution in [0.15, 0.2) is 75.6 Å². The van der Waals surface area contributed by atoms with Crippen LogP contribution in [0.5, 0.6) is 5.75 Å². The van der Waals surface area contributed by atoms with E-state index in [1.54, 1.807) is 12.1 Å². The first-order valence-corrected chi connectivity index (χ1v) is 9.40. The van der Waals surface area contributed by atoms with Gasteiger partial charge in [0.15, 0.2) is 11.7 Å². The molecule has 0 bridgehead atoms. The summed E-state index contributed by atoms with van der Waals surface area (Å²) in [5.41, 5.74) is 0.985. The summed E-state index contributed by atoms with van der Waals surface area (Å²) < 4.78 is 12.2. The number of carbonyl (C=O) groups is 1. The van der Waals surface area contributed by atoms with E-state index >= 15 is 0 Å². The number of hydrogen-bond donors (Lipinski definition) is 2. The molecule has 0 aliphatic carbocycles. The van der Waals surface area contributed by atoms with E-state index in [2.05, 4.69) is 26.6 Å². The highest BCUT2D eigenvalue weighted by Crippen LogP contribution is 2.23. The number of carbonyl (C=O) groups excluding carboxylic acids is 1. The number of rotatable bonds is 6. The number of hydrogen-bond acceptors (Lipinski definition) is 4. The van der Waals surface area contributed by atoms with E-state index in [0.717, 1.165) is 15.8 Å². The summed E-state index contributed by atoms with van der Waals surface area (Å²) in [6, 6.07) is 20.7. The molecule has 0 unspecified atom stereocenters. The second-order valence-corrected chi connectivity index (χ2v) is 6.93. The minimum Gasteiger partial charge on any atom is -0.484 e. The zero-order valence-corrected chi connectivity index (χ0v) is 16.7. The maximum Gasteiger partial charge on any atom is 0.264 e. The highest BCUT2D eigenvalue weighted by atomic mass is 79.9. The van der Waals surface area contributed by atoms with Crippen molar-refractivity contribution in [3.8, 4) is 17.1 Å². The lowest BCUT2D eigenvalue weighted by Crippen LogP contribution is -2.41. The van der Waals surface area contributed by atoms with Crippen LogP contribution >= 0.6 is 28.1 Å². The van der Waals surface area contributed by atoms with Crippen molar-refractivity contribution in [1.29, 1.82) is 0 Å².